The monoisotopic (exact) mass is 347 g/mol. The number of nitrogens with one attached hydrogen (secondary N) is 1. The number of amides is 1. The number of rotatable bonds is 3. The lowest BCUT2D eigenvalue weighted by atomic mass is 10.2. The molecule has 0 bridgehead atoms. The number of aryl methyl sites for hydroxylation is 1. The van der Waals surface area contributed by atoms with Crippen molar-refractivity contribution in [3.63, 3.8) is 0 Å². The summed E-state index contributed by atoms with van der Waals surface area (Å²) in [5, 5.41) is 6.77. The van der Waals surface area contributed by atoms with Crippen LogP contribution in [-0.4, -0.2) is 15.7 Å². The molecule has 0 saturated heterocycles. The van der Waals surface area contributed by atoms with Crippen molar-refractivity contribution in [2.45, 2.75) is 6.92 Å². The van der Waals surface area contributed by atoms with Crippen LogP contribution in [0, 0.1) is 18.6 Å². The largest absolute Gasteiger partial charge is 0.306 e. The van der Waals surface area contributed by atoms with Crippen LogP contribution in [0.5, 0.6) is 0 Å². The highest BCUT2D eigenvalue weighted by Crippen LogP contribution is 2.23. The van der Waals surface area contributed by atoms with E-state index in [9.17, 15) is 13.6 Å². The molecule has 0 unspecified atom stereocenters. The molecule has 0 aliphatic carbocycles. The van der Waals surface area contributed by atoms with Gasteiger partial charge in [0, 0.05) is 6.07 Å². The van der Waals surface area contributed by atoms with Crippen LogP contribution in [0.25, 0.3) is 5.69 Å². The van der Waals surface area contributed by atoms with E-state index in [1.54, 1.807) is 17.7 Å². The minimum Gasteiger partial charge on any atom is -0.306 e. The van der Waals surface area contributed by atoms with Gasteiger partial charge in [-0.2, -0.15) is 5.10 Å². The van der Waals surface area contributed by atoms with Gasteiger partial charge in [0.1, 0.15) is 5.82 Å². The smallest absolute Gasteiger partial charge is 0.258 e. The van der Waals surface area contributed by atoms with Crippen LogP contribution >= 0.6 is 11.6 Å². The van der Waals surface area contributed by atoms with E-state index >= 15 is 0 Å². The van der Waals surface area contributed by atoms with Gasteiger partial charge in [-0.05, 0) is 31.2 Å². The second-order valence-corrected chi connectivity index (χ2v) is 5.53. The van der Waals surface area contributed by atoms with E-state index in [0.29, 0.717) is 11.5 Å². The predicted molar refractivity (Wildman–Crippen MR) is 87.6 cm³/mol. The van der Waals surface area contributed by atoms with Crippen molar-refractivity contribution in [1.82, 2.24) is 9.78 Å². The summed E-state index contributed by atoms with van der Waals surface area (Å²) in [4.78, 5) is 12.4. The third-order valence-electron chi connectivity index (χ3n) is 3.33. The van der Waals surface area contributed by atoms with Crippen LogP contribution in [0.15, 0.2) is 48.5 Å². The highest BCUT2D eigenvalue weighted by atomic mass is 35.5. The maximum Gasteiger partial charge on any atom is 0.258 e. The van der Waals surface area contributed by atoms with Crippen molar-refractivity contribution in [2.75, 3.05) is 5.32 Å². The van der Waals surface area contributed by atoms with E-state index in [4.69, 9.17) is 11.6 Å². The number of hydrogen-bond acceptors (Lipinski definition) is 2. The maximum atomic E-state index is 13.4. The highest BCUT2D eigenvalue weighted by Gasteiger charge is 2.17. The van der Waals surface area contributed by atoms with Crippen molar-refractivity contribution in [2.24, 2.45) is 0 Å². The SMILES string of the molecule is Cc1cc(NC(=O)c2cc(F)c(F)cc2Cl)n(-c2ccccc2)n1. The van der Waals surface area contributed by atoms with Gasteiger partial charge in [0.15, 0.2) is 11.6 Å². The molecule has 7 heteroatoms. The van der Waals surface area contributed by atoms with Gasteiger partial charge in [0.2, 0.25) is 0 Å². The number of anilines is 1. The lowest BCUT2D eigenvalue weighted by Gasteiger charge is -2.10. The Bertz CT molecular complexity index is 910. The molecule has 2 aromatic carbocycles. The number of carbonyl (C=O) groups is 1. The normalized spacial score (nSPS) is 10.7. The molecule has 0 aliphatic heterocycles. The molecule has 0 saturated carbocycles. The molecule has 4 nitrogen and oxygen atoms in total. The number of carbonyl (C=O) groups excluding carboxylic acids is 1. The van der Waals surface area contributed by atoms with Gasteiger partial charge < -0.3 is 5.32 Å². The summed E-state index contributed by atoms with van der Waals surface area (Å²) in [6.45, 7) is 1.78. The van der Waals surface area contributed by atoms with Crippen molar-refractivity contribution >= 4 is 23.3 Å². The summed E-state index contributed by atoms with van der Waals surface area (Å²) < 4.78 is 28.1. The molecule has 1 aromatic heterocycles. The summed E-state index contributed by atoms with van der Waals surface area (Å²) in [6.07, 6.45) is 0. The first-order chi connectivity index (χ1) is 11.5. The predicted octanol–water partition coefficient (Wildman–Crippen LogP) is 4.36. The van der Waals surface area contributed by atoms with Crippen molar-refractivity contribution in [1.29, 1.82) is 0 Å². The van der Waals surface area contributed by atoms with Crippen LogP contribution in [-0.2, 0) is 0 Å². The minimum absolute atomic E-state index is 0.158. The molecule has 24 heavy (non-hydrogen) atoms. The van der Waals surface area contributed by atoms with E-state index in [1.807, 2.05) is 30.3 Å². The fourth-order valence-electron chi connectivity index (χ4n) is 2.23. The van der Waals surface area contributed by atoms with Gasteiger partial charge in [-0.3, -0.25) is 4.79 Å². The fourth-order valence-corrected chi connectivity index (χ4v) is 2.47. The lowest BCUT2D eigenvalue weighted by molar-refractivity contribution is 0.102. The quantitative estimate of drug-likeness (QED) is 0.715. The van der Waals surface area contributed by atoms with Gasteiger partial charge in [-0.15, -0.1) is 0 Å². The Kier molecular flexibility index (Phi) is 4.31. The zero-order valence-electron chi connectivity index (χ0n) is 12.6. The molecule has 1 N–H and O–H groups in total. The number of nitrogens with zero attached hydrogens (tertiary/aromatic N) is 2. The summed E-state index contributed by atoms with van der Waals surface area (Å²) >= 11 is 5.83. The third kappa shape index (κ3) is 3.14. The van der Waals surface area contributed by atoms with Crippen LogP contribution in [0.3, 0.4) is 0 Å². The van der Waals surface area contributed by atoms with Gasteiger partial charge >= 0.3 is 0 Å². The van der Waals surface area contributed by atoms with Gasteiger partial charge in [0.05, 0.1) is 22.0 Å². The Balaban J connectivity index is 1.95. The summed E-state index contributed by atoms with van der Waals surface area (Å²) in [5.74, 6) is -2.51. The number of para-hydroxylation sites is 1. The number of hydrogen-bond donors (Lipinski definition) is 1. The number of halogens is 3. The van der Waals surface area contributed by atoms with Crippen LogP contribution in [0.1, 0.15) is 16.1 Å². The molecule has 3 aromatic rings. The van der Waals surface area contributed by atoms with Gasteiger partial charge in [0.25, 0.3) is 5.91 Å². The molecule has 0 radical (unpaired) electrons. The zero-order chi connectivity index (χ0) is 17.3. The Morgan fingerprint density at radius 1 is 1.12 bits per heavy atom. The molecule has 3 rings (SSSR count). The standard InChI is InChI=1S/C17H12ClF2N3O/c1-10-7-16(23(22-10)11-5-3-2-4-6-11)21-17(24)12-8-14(19)15(20)9-13(12)18/h2-9H,1H3,(H,21,24). The molecule has 0 spiro atoms. The minimum atomic E-state index is -1.14. The molecule has 0 atom stereocenters. The molecule has 1 heterocycles. The average molecular weight is 348 g/mol. The Morgan fingerprint density at radius 3 is 2.50 bits per heavy atom. The van der Waals surface area contributed by atoms with E-state index in [2.05, 4.69) is 10.4 Å². The average Bonchev–Trinajstić information content (AvgIpc) is 2.92. The number of aromatic nitrogens is 2. The first-order valence-corrected chi connectivity index (χ1v) is 7.41. The Hall–Kier alpha value is -2.73. The van der Waals surface area contributed by atoms with Gasteiger partial charge in [-0.25, -0.2) is 13.5 Å². The van der Waals surface area contributed by atoms with Crippen LogP contribution in [0.2, 0.25) is 5.02 Å². The second kappa shape index (κ2) is 6.41. The summed E-state index contributed by atoms with van der Waals surface area (Å²) in [6, 6.07) is 12.4. The van der Waals surface area contributed by atoms with Crippen molar-refractivity contribution < 1.29 is 13.6 Å². The second-order valence-electron chi connectivity index (χ2n) is 5.12. The zero-order valence-corrected chi connectivity index (χ0v) is 13.3. The Morgan fingerprint density at radius 2 is 1.79 bits per heavy atom. The molecule has 0 fully saturated rings. The summed E-state index contributed by atoms with van der Waals surface area (Å²) in [7, 11) is 0. The van der Waals surface area contributed by atoms with Gasteiger partial charge in [-0.1, -0.05) is 29.8 Å². The first kappa shape index (κ1) is 16.1. The highest BCUT2D eigenvalue weighted by molar-refractivity contribution is 6.34. The maximum absolute atomic E-state index is 13.4. The molecule has 0 aliphatic rings. The van der Waals surface area contributed by atoms with E-state index in [0.717, 1.165) is 17.8 Å². The Labute approximate surface area is 141 Å². The van der Waals surface area contributed by atoms with Crippen molar-refractivity contribution in [3.8, 4) is 5.69 Å². The van der Waals surface area contributed by atoms with Crippen LogP contribution < -0.4 is 5.32 Å². The molecular formula is C17H12ClF2N3O. The molecule has 1 amide bonds. The van der Waals surface area contributed by atoms with Crippen LogP contribution in [0.4, 0.5) is 14.6 Å². The fraction of sp³-hybridized carbons (Fsp3) is 0.0588. The number of benzene rings is 2. The van der Waals surface area contributed by atoms with E-state index in [1.165, 1.54) is 0 Å². The lowest BCUT2D eigenvalue weighted by Crippen LogP contribution is -2.16. The van der Waals surface area contributed by atoms with E-state index in [-0.39, 0.29) is 10.6 Å². The first-order valence-electron chi connectivity index (χ1n) is 7.03. The molecular weight excluding hydrogens is 336 g/mol. The van der Waals surface area contributed by atoms with E-state index < -0.39 is 17.5 Å². The topological polar surface area (TPSA) is 46.9 Å². The third-order valence-corrected chi connectivity index (χ3v) is 3.64. The van der Waals surface area contributed by atoms with Crippen molar-refractivity contribution in [3.05, 3.63) is 76.4 Å². The molecule has 122 valence electrons. The summed E-state index contributed by atoms with van der Waals surface area (Å²) in [5.41, 5.74) is 1.27.